The summed E-state index contributed by atoms with van der Waals surface area (Å²) in [5, 5.41) is 0.336. The van der Waals surface area contributed by atoms with Gasteiger partial charge in [-0.3, -0.25) is 4.98 Å². The van der Waals surface area contributed by atoms with Crippen molar-refractivity contribution in [1.82, 2.24) is 4.98 Å². The largest absolute Gasteiger partial charge is 0.398 e. The number of benzene rings is 1. The second-order valence-corrected chi connectivity index (χ2v) is 3.95. The molecule has 1 aromatic heterocycles. The number of pyridine rings is 1. The first-order chi connectivity index (χ1) is 7.59. The Kier molecular flexibility index (Phi) is 2.79. The number of anilines is 1. The van der Waals surface area contributed by atoms with E-state index in [1.165, 1.54) is 6.07 Å². The Morgan fingerprint density at radius 3 is 2.75 bits per heavy atom. The quantitative estimate of drug-likeness (QED) is 0.824. The van der Waals surface area contributed by atoms with E-state index in [0.717, 1.165) is 5.56 Å². The zero-order valence-corrected chi connectivity index (χ0v) is 9.42. The molecule has 1 heterocycles. The molecule has 2 nitrogen and oxygen atoms in total. The van der Waals surface area contributed by atoms with Crippen molar-refractivity contribution in [3.05, 3.63) is 47.0 Å². The highest BCUT2D eigenvalue weighted by atomic mass is 35.5. The van der Waals surface area contributed by atoms with Crippen molar-refractivity contribution in [2.75, 3.05) is 5.73 Å². The SMILES string of the molecule is Cc1cc(-c2cnccc2N)c(Cl)cc1F. The lowest BCUT2D eigenvalue weighted by molar-refractivity contribution is 0.619. The third-order valence-corrected chi connectivity index (χ3v) is 2.71. The molecule has 0 atom stereocenters. The highest BCUT2D eigenvalue weighted by Crippen LogP contribution is 2.32. The van der Waals surface area contributed by atoms with Crippen LogP contribution in [0.3, 0.4) is 0 Å². The van der Waals surface area contributed by atoms with E-state index >= 15 is 0 Å². The summed E-state index contributed by atoms with van der Waals surface area (Å²) in [4.78, 5) is 3.98. The molecule has 0 saturated carbocycles. The lowest BCUT2D eigenvalue weighted by Crippen LogP contribution is -1.93. The van der Waals surface area contributed by atoms with Gasteiger partial charge in [0.1, 0.15) is 5.82 Å². The Morgan fingerprint density at radius 1 is 1.31 bits per heavy atom. The summed E-state index contributed by atoms with van der Waals surface area (Å²) < 4.78 is 13.2. The van der Waals surface area contributed by atoms with E-state index in [1.807, 2.05) is 0 Å². The molecule has 0 aliphatic heterocycles. The van der Waals surface area contributed by atoms with Gasteiger partial charge in [-0.05, 0) is 30.7 Å². The number of nitrogens with two attached hydrogens (primary N) is 1. The van der Waals surface area contributed by atoms with Crippen LogP contribution in [0.1, 0.15) is 5.56 Å². The molecule has 2 rings (SSSR count). The molecule has 0 unspecified atom stereocenters. The van der Waals surface area contributed by atoms with Gasteiger partial charge in [-0.1, -0.05) is 11.6 Å². The molecular weight excluding hydrogens is 227 g/mol. The zero-order valence-electron chi connectivity index (χ0n) is 8.67. The average molecular weight is 237 g/mol. The monoisotopic (exact) mass is 236 g/mol. The fraction of sp³-hybridized carbons (Fsp3) is 0.0833. The highest BCUT2D eigenvalue weighted by molar-refractivity contribution is 6.33. The van der Waals surface area contributed by atoms with Crippen LogP contribution in [0.4, 0.5) is 10.1 Å². The molecule has 0 spiro atoms. The molecule has 0 amide bonds. The molecule has 16 heavy (non-hydrogen) atoms. The molecule has 0 bridgehead atoms. The van der Waals surface area contributed by atoms with Gasteiger partial charge in [0.15, 0.2) is 0 Å². The number of nitrogen functional groups attached to an aromatic ring is 1. The van der Waals surface area contributed by atoms with Crippen molar-refractivity contribution >= 4 is 17.3 Å². The van der Waals surface area contributed by atoms with Gasteiger partial charge in [-0.25, -0.2) is 4.39 Å². The van der Waals surface area contributed by atoms with E-state index in [9.17, 15) is 4.39 Å². The molecule has 1 aromatic carbocycles. The fourth-order valence-corrected chi connectivity index (χ4v) is 1.75. The lowest BCUT2D eigenvalue weighted by Gasteiger charge is -2.08. The molecule has 2 aromatic rings. The van der Waals surface area contributed by atoms with Crippen LogP contribution in [0, 0.1) is 12.7 Å². The van der Waals surface area contributed by atoms with Crippen LogP contribution in [0.15, 0.2) is 30.6 Å². The number of aryl methyl sites for hydroxylation is 1. The van der Waals surface area contributed by atoms with E-state index in [-0.39, 0.29) is 5.82 Å². The summed E-state index contributed by atoms with van der Waals surface area (Å²) in [7, 11) is 0. The van der Waals surface area contributed by atoms with Crippen molar-refractivity contribution in [1.29, 1.82) is 0 Å². The van der Waals surface area contributed by atoms with E-state index in [0.29, 0.717) is 21.8 Å². The maximum absolute atomic E-state index is 13.2. The molecule has 0 aliphatic rings. The summed E-state index contributed by atoms with van der Waals surface area (Å²) in [6, 6.07) is 4.65. The predicted octanol–water partition coefficient (Wildman–Crippen LogP) is 3.43. The van der Waals surface area contributed by atoms with Gasteiger partial charge in [-0.15, -0.1) is 0 Å². The molecule has 82 valence electrons. The maximum Gasteiger partial charge on any atom is 0.127 e. The summed E-state index contributed by atoms with van der Waals surface area (Å²) in [6.07, 6.45) is 3.22. The highest BCUT2D eigenvalue weighted by Gasteiger charge is 2.10. The maximum atomic E-state index is 13.2. The summed E-state index contributed by atoms with van der Waals surface area (Å²) in [6.45, 7) is 1.68. The van der Waals surface area contributed by atoms with E-state index < -0.39 is 0 Å². The third-order valence-electron chi connectivity index (χ3n) is 2.39. The van der Waals surface area contributed by atoms with Crippen molar-refractivity contribution in [3.8, 4) is 11.1 Å². The second kappa shape index (κ2) is 4.10. The third kappa shape index (κ3) is 1.86. The van der Waals surface area contributed by atoms with Gasteiger partial charge < -0.3 is 5.73 Å². The minimum atomic E-state index is -0.323. The van der Waals surface area contributed by atoms with E-state index in [4.69, 9.17) is 17.3 Å². The Bertz CT molecular complexity index is 541. The molecule has 2 N–H and O–H groups in total. The van der Waals surface area contributed by atoms with Gasteiger partial charge >= 0.3 is 0 Å². The number of halogens is 2. The number of hydrogen-bond acceptors (Lipinski definition) is 2. The number of aromatic nitrogens is 1. The first-order valence-corrected chi connectivity index (χ1v) is 5.13. The minimum absolute atomic E-state index is 0.323. The molecule has 0 fully saturated rings. The summed E-state index contributed by atoms with van der Waals surface area (Å²) >= 11 is 5.98. The van der Waals surface area contributed by atoms with Crippen molar-refractivity contribution in [2.45, 2.75) is 6.92 Å². The molecule has 0 saturated heterocycles. The van der Waals surface area contributed by atoms with Gasteiger partial charge in [0.25, 0.3) is 0 Å². The van der Waals surface area contributed by atoms with Crippen LogP contribution < -0.4 is 5.73 Å². The number of nitrogens with zero attached hydrogens (tertiary/aromatic N) is 1. The predicted molar refractivity (Wildman–Crippen MR) is 63.8 cm³/mol. The molecule has 0 radical (unpaired) electrons. The lowest BCUT2D eigenvalue weighted by atomic mass is 10.0. The first-order valence-electron chi connectivity index (χ1n) is 4.75. The normalized spacial score (nSPS) is 10.4. The van der Waals surface area contributed by atoms with Gasteiger partial charge in [0.2, 0.25) is 0 Å². The van der Waals surface area contributed by atoms with Crippen molar-refractivity contribution in [3.63, 3.8) is 0 Å². The second-order valence-electron chi connectivity index (χ2n) is 3.54. The topological polar surface area (TPSA) is 38.9 Å². The molecule has 0 aliphatic carbocycles. The summed E-state index contributed by atoms with van der Waals surface area (Å²) in [5.74, 6) is -0.323. The van der Waals surface area contributed by atoms with Crippen LogP contribution in [0.5, 0.6) is 0 Å². The van der Waals surface area contributed by atoms with Crippen LogP contribution in [0.2, 0.25) is 5.02 Å². The van der Waals surface area contributed by atoms with Crippen LogP contribution >= 0.6 is 11.6 Å². The van der Waals surface area contributed by atoms with E-state index in [1.54, 1.807) is 31.5 Å². The van der Waals surface area contributed by atoms with Crippen molar-refractivity contribution < 1.29 is 4.39 Å². The Balaban J connectivity index is 2.65. The summed E-state index contributed by atoms with van der Waals surface area (Å²) in [5.41, 5.74) is 8.34. The van der Waals surface area contributed by atoms with Crippen LogP contribution in [-0.2, 0) is 0 Å². The minimum Gasteiger partial charge on any atom is -0.398 e. The fourth-order valence-electron chi connectivity index (χ4n) is 1.49. The van der Waals surface area contributed by atoms with Crippen molar-refractivity contribution in [2.24, 2.45) is 0 Å². The molecular formula is C12H10ClFN2. The van der Waals surface area contributed by atoms with Crippen LogP contribution in [0.25, 0.3) is 11.1 Å². The standard InChI is InChI=1S/C12H10ClFN2/c1-7-4-8(10(13)5-11(7)14)9-6-16-3-2-12(9)15/h2-6H,1H3,(H2,15,16). The smallest absolute Gasteiger partial charge is 0.127 e. The number of hydrogen-bond donors (Lipinski definition) is 1. The first kappa shape index (κ1) is 10.9. The van der Waals surface area contributed by atoms with Crippen LogP contribution in [-0.4, -0.2) is 4.98 Å². The Hall–Kier alpha value is -1.61. The molecule has 4 heteroatoms. The van der Waals surface area contributed by atoms with Gasteiger partial charge in [-0.2, -0.15) is 0 Å². The van der Waals surface area contributed by atoms with Gasteiger partial charge in [0, 0.05) is 29.2 Å². The average Bonchev–Trinajstić information content (AvgIpc) is 2.25. The Labute approximate surface area is 97.9 Å². The zero-order chi connectivity index (χ0) is 11.7. The van der Waals surface area contributed by atoms with E-state index in [2.05, 4.69) is 4.98 Å². The van der Waals surface area contributed by atoms with Gasteiger partial charge in [0.05, 0.1) is 5.02 Å². The number of rotatable bonds is 1. The Morgan fingerprint density at radius 2 is 2.06 bits per heavy atom.